The predicted molar refractivity (Wildman–Crippen MR) is 92.0 cm³/mol. The minimum Gasteiger partial charge on any atom is -0.486 e. The molecule has 0 aliphatic heterocycles. The van der Waals surface area contributed by atoms with Crippen molar-refractivity contribution in [1.29, 1.82) is 0 Å². The van der Waals surface area contributed by atoms with Crippen molar-refractivity contribution in [2.24, 2.45) is 0 Å². The normalized spacial score (nSPS) is 10.3. The summed E-state index contributed by atoms with van der Waals surface area (Å²) in [6.07, 6.45) is 0. The molecule has 0 bridgehead atoms. The highest BCUT2D eigenvalue weighted by molar-refractivity contribution is 7.13. The van der Waals surface area contributed by atoms with E-state index < -0.39 is 17.7 Å². The molecule has 7 nitrogen and oxygen atoms in total. The summed E-state index contributed by atoms with van der Waals surface area (Å²) in [6.45, 7) is 0.0665. The first-order valence-corrected chi connectivity index (χ1v) is 8.19. The van der Waals surface area contributed by atoms with E-state index in [1.165, 1.54) is 42.5 Å². The van der Waals surface area contributed by atoms with Crippen molar-refractivity contribution in [2.45, 2.75) is 6.61 Å². The van der Waals surface area contributed by atoms with Crippen LogP contribution in [0.2, 0.25) is 0 Å². The quantitative estimate of drug-likeness (QED) is 0.688. The van der Waals surface area contributed by atoms with Crippen LogP contribution in [0.15, 0.2) is 48.5 Å². The molecule has 0 saturated carbocycles. The van der Waals surface area contributed by atoms with E-state index in [2.05, 4.69) is 15.5 Å². The molecular formula is C17H12FN3O4S. The summed E-state index contributed by atoms with van der Waals surface area (Å²) in [6, 6.07) is 11.7. The van der Waals surface area contributed by atoms with Gasteiger partial charge in [0.2, 0.25) is 5.01 Å². The van der Waals surface area contributed by atoms with Gasteiger partial charge >= 0.3 is 5.97 Å². The molecule has 9 heteroatoms. The van der Waals surface area contributed by atoms with Gasteiger partial charge < -0.3 is 15.2 Å². The van der Waals surface area contributed by atoms with Crippen LogP contribution < -0.4 is 10.1 Å². The number of nitrogens with zero attached hydrogens (tertiary/aromatic N) is 2. The van der Waals surface area contributed by atoms with Gasteiger partial charge in [0, 0.05) is 0 Å². The topological polar surface area (TPSA) is 101 Å². The summed E-state index contributed by atoms with van der Waals surface area (Å²) in [7, 11) is 0. The number of para-hydroxylation sites is 1. The molecule has 2 aromatic carbocycles. The lowest BCUT2D eigenvalue weighted by Crippen LogP contribution is -2.12. The van der Waals surface area contributed by atoms with Crippen LogP contribution in [-0.2, 0) is 6.61 Å². The van der Waals surface area contributed by atoms with Gasteiger partial charge in [-0.2, -0.15) is 0 Å². The average Bonchev–Trinajstić information content (AvgIpc) is 3.11. The molecule has 132 valence electrons. The maximum Gasteiger partial charge on any atom is 0.335 e. The number of ether oxygens (including phenoxy) is 1. The highest BCUT2D eigenvalue weighted by atomic mass is 32.1. The molecule has 3 rings (SSSR count). The van der Waals surface area contributed by atoms with Gasteiger partial charge in [-0.25, -0.2) is 9.18 Å². The molecule has 0 aliphatic carbocycles. The summed E-state index contributed by atoms with van der Waals surface area (Å²) in [5.74, 6) is -1.67. The van der Waals surface area contributed by atoms with Crippen LogP contribution in [0.4, 0.5) is 10.1 Å². The number of aromatic carboxylic acids is 1. The average molecular weight is 373 g/mol. The molecule has 1 amide bonds. The second-order valence-corrected chi connectivity index (χ2v) is 6.12. The van der Waals surface area contributed by atoms with Crippen LogP contribution >= 0.6 is 11.3 Å². The molecule has 0 radical (unpaired) electrons. The third-order valence-electron chi connectivity index (χ3n) is 3.25. The minimum absolute atomic E-state index is 0.0593. The first-order chi connectivity index (χ1) is 12.5. The van der Waals surface area contributed by atoms with Crippen LogP contribution in [0.3, 0.4) is 0 Å². The Morgan fingerprint density at radius 1 is 1.12 bits per heavy atom. The zero-order chi connectivity index (χ0) is 18.5. The van der Waals surface area contributed by atoms with Crippen molar-refractivity contribution in [3.8, 4) is 5.75 Å². The van der Waals surface area contributed by atoms with Crippen molar-refractivity contribution < 1.29 is 23.8 Å². The fourth-order valence-electron chi connectivity index (χ4n) is 1.98. The van der Waals surface area contributed by atoms with Gasteiger partial charge in [-0.05, 0) is 36.4 Å². The first kappa shape index (κ1) is 17.5. The van der Waals surface area contributed by atoms with Crippen molar-refractivity contribution in [1.82, 2.24) is 10.2 Å². The molecule has 0 aliphatic rings. The number of carbonyl (C=O) groups excluding carboxylic acids is 1. The van der Waals surface area contributed by atoms with Crippen molar-refractivity contribution in [3.63, 3.8) is 0 Å². The molecule has 1 heterocycles. The van der Waals surface area contributed by atoms with Crippen LogP contribution in [0.25, 0.3) is 0 Å². The lowest BCUT2D eigenvalue weighted by molar-refractivity contribution is 0.0696. The van der Waals surface area contributed by atoms with Gasteiger partial charge in [-0.3, -0.25) is 4.79 Å². The highest BCUT2D eigenvalue weighted by Crippen LogP contribution is 2.18. The summed E-state index contributed by atoms with van der Waals surface area (Å²) < 4.78 is 19.0. The number of carboxylic acid groups (broad SMARTS) is 1. The van der Waals surface area contributed by atoms with E-state index in [0.717, 1.165) is 11.3 Å². The van der Waals surface area contributed by atoms with E-state index in [1.807, 2.05) is 0 Å². The van der Waals surface area contributed by atoms with Crippen molar-refractivity contribution in [2.75, 3.05) is 5.32 Å². The van der Waals surface area contributed by atoms with E-state index >= 15 is 0 Å². The van der Waals surface area contributed by atoms with E-state index in [9.17, 15) is 14.0 Å². The smallest absolute Gasteiger partial charge is 0.335 e. The SMILES string of the molecule is O=C(O)c1ccc(OCc2nnc(C(=O)Nc3ccccc3F)s2)cc1. The number of carboxylic acids is 1. The van der Waals surface area contributed by atoms with Gasteiger partial charge in [0.1, 0.15) is 18.2 Å². The van der Waals surface area contributed by atoms with E-state index in [-0.39, 0.29) is 22.9 Å². The minimum atomic E-state index is -1.02. The second-order valence-electron chi connectivity index (χ2n) is 5.05. The van der Waals surface area contributed by atoms with Crippen LogP contribution in [-0.4, -0.2) is 27.2 Å². The third kappa shape index (κ3) is 4.19. The predicted octanol–water partition coefficient (Wildman–Crippen LogP) is 3.21. The Labute approximate surface area is 151 Å². The Balaban J connectivity index is 1.60. The van der Waals surface area contributed by atoms with Crippen LogP contribution in [0.5, 0.6) is 5.75 Å². The fraction of sp³-hybridized carbons (Fsp3) is 0.0588. The Morgan fingerprint density at radius 2 is 1.85 bits per heavy atom. The number of carbonyl (C=O) groups is 2. The van der Waals surface area contributed by atoms with Gasteiger partial charge in [-0.1, -0.05) is 23.5 Å². The molecule has 2 N–H and O–H groups in total. The molecule has 0 saturated heterocycles. The molecular weight excluding hydrogens is 361 g/mol. The fourth-order valence-corrected chi connectivity index (χ4v) is 2.63. The Morgan fingerprint density at radius 3 is 2.54 bits per heavy atom. The molecule has 0 atom stereocenters. The Hall–Kier alpha value is -3.33. The first-order valence-electron chi connectivity index (χ1n) is 7.37. The maximum atomic E-state index is 13.6. The summed E-state index contributed by atoms with van der Waals surface area (Å²) in [5, 5.41) is 19.4. The van der Waals surface area contributed by atoms with Crippen molar-refractivity contribution >= 4 is 28.9 Å². The summed E-state index contributed by atoms with van der Waals surface area (Å²) >= 11 is 1.02. The lowest BCUT2D eigenvalue weighted by atomic mass is 10.2. The second kappa shape index (κ2) is 7.70. The number of nitrogens with one attached hydrogen (secondary N) is 1. The van der Waals surface area contributed by atoms with E-state index in [4.69, 9.17) is 9.84 Å². The van der Waals surface area contributed by atoms with Gasteiger partial charge in [0.25, 0.3) is 5.91 Å². The standard InChI is InChI=1S/C17H12FN3O4S/c18-12-3-1-2-4-13(12)19-15(22)16-21-20-14(26-16)9-25-11-7-5-10(6-8-11)17(23)24/h1-8H,9H2,(H,19,22)(H,23,24). The number of halogens is 1. The Kier molecular flexibility index (Phi) is 5.18. The Bertz CT molecular complexity index is 943. The lowest BCUT2D eigenvalue weighted by Gasteiger charge is -2.04. The number of aromatic nitrogens is 2. The molecule has 0 unspecified atom stereocenters. The number of rotatable bonds is 6. The maximum absolute atomic E-state index is 13.6. The van der Waals surface area contributed by atoms with E-state index in [1.54, 1.807) is 6.07 Å². The third-order valence-corrected chi connectivity index (χ3v) is 4.14. The largest absolute Gasteiger partial charge is 0.486 e. The number of hydrogen-bond acceptors (Lipinski definition) is 6. The van der Waals surface area contributed by atoms with Gasteiger partial charge in [0.15, 0.2) is 5.01 Å². The number of amides is 1. The number of benzene rings is 2. The zero-order valence-corrected chi connectivity index (χ0v) is 14.0. The number of hydrogen-bond donors (Lipinski definition) is 2. The van der Waals surface area contributed by atoms with Crippen molar-refractivity contribution in [3.05, 3.63) is 69.9 Å². The summed E-state index contributed by atoms with van der Waals surface area (Å²) in [4.78, 5) is 22.9. The molecule has 1 aromatic heterocycles. The van der Waals surface area contributed by atoms with Gasteiger partial charge in [-0.15, -0.1) is 10.2 Å². The monoisotopic (exact) mass is 373 g/mol. The molecule has 0 spiro atoms. The summed E-state index contributed by atoms with van der Waals surface area (Å²) in [5.41, 5.74) is 0.212. The molecule has 0 fully saturated rings. The molecule has 26 heavy (non-hydrogen) atoms. The van der Waals surface area contributed by atoms with Gasteiger partial charge in [0.05, 0.1) is 11.3 Å². The highest BCUT2D eigenvalue weighted by Gasteiger charge is 2.15. The number of anilines is 1. The zero-order valence-electron chi connectivity index (χ0n) is 13.2. The van der Waals surface area contributed by atoms with E-state index in [0.29, 0.717) is 10.8 Å². The molecule has 3 aromatic rings. The van der Waals surface area contributed by atoms with Crippen LogP contribution in [0, 0.1) is 5.82 Å². The van der Waals surface area contributed by atoms with Crippen LogP contribution in [0.1, 0.15) is 25.2 Å².